The summed E-state index contributed by atoms with van der Waals surface area (Å²) < 4.78 is 19.2. The van der Waals surface area contributed by atoms with Crippen molar-refractivity contribution >= 4 is 11.9 Å². The molecule has 2 heterocycles. The van der Waals surface area contributed by atoms with E-state index in [9.17, 15) is 14.7 Å². The minimum absolute atomic E-state index is 0.0124. The lowest BCUT2D eigenvalue weighted by Gasteiger charge is -2.34. The summed E-state index contributed by atoms with van der Waals surface area (Å²) in [4.78, 5) is 34.6. The van der Waals surface area contributed by atoms with Crippen molar-refractivity contribution in [3.8, 4) is 5.75 Å². The maximum atomic E-state index is 13.6. The summed E-state index contributed by atoms with van der Waals surface area (Å²) in [6, 6.07) is 18.3. The SMILES string of the molecule is COc1ccc(C(C2OC2N(C)C)n2cnc([C@@H]3CC3C(O)C(/C=C\C(=O)C(C)(C)N(C)C(=O)OC(C)(C)C)CCCc3ccccc3)c2)cc1. The van der Waals surface area contributed by atoms with Crippen LogP contribution in [0.5, 0.6) is 5.75 Å². The number of likely N-dealkylation sites (N-methyl/N-ethyl adjacent to an activating group) is 2. The molecule has 3 aromatic rings. The number of methoxy groups -OCH3 is 1. The first kappa shape index (κ1) is 38.2. The Labute approximate surface area is 303 Å². The highest BCUT2D eigenvalue weighted by Gasteiger charge is 2.50. The number of benzene rings is 2. The van der Waals surface area contributed by atoms with Crippen LogP contribution in [0.4, 0.5) is 4.79 Å². The largest absolute Gasteiger partial charge is 0.497 e. The molecule has 0 spiro atoms. The minimum Gasteiger partial charge on any atom is -0.497 e. The monoisotopic (exact) mass is 700 g/mol. The van der Waals surface area contributed by atoms with Gasteiger partial charge in [0.2, 0.25) is 0 Å². The predicted octanol–water partition coefficient (Wildman–Crippen LogP) is 6.64. The first-order valence-corrected chi connectivity index (χ1v) is 18.0. The molecular formula is C41H56N4O6. The number of aliphatic hydroxyl groups excluding tert-OH is 1. The smallest absolute Gasteiger partial charge is 0.410 e. The van der Waals surface area contributed by atoms with Gasteiger partial charge in [-0.1, -0.05) is 48.5 Å². The quantitative estimate of drug-likeness (QED) is 0.131. The third kappa shape index (κ3) is 9.47. The van der Waals surface area contributed by atoms with Gasteiger partial charge in [-0.25, -0.2) is 9.78 Å². The minimum atomic E-state index is -1.13. The highest BCUT2D eigenvalue weighted by Crippen LogP contribution is 2.51. The Hall–Kier alpha value is -3.99. The molecule has 10 heteroatoms. The highest BCUT2D eigenvalue weighted by atomic mass is 16.6. The Morgan fingerprint density at radius 3 is 2.35 bits per heavy atom. The van der Waals surface area contributed by atoms with E-state index in [0.717, 1.165) is 36.3 Å². The molecule has 0 bridgehead atoms. The van der Waals surface area contributed by atoms with Crippen LogP contribution in [0.15, 0.2) is 79.3 Å². The number of aryl methyl sites for hydroxylation is 1. The van der Waals surface area contributed by atoms with Crippen molar-refractivity contribution in [2.45, 2.75) is 102 Å². The second-order valence-electron chi connectivity index (χ2n) is 15.8. The van der Waals surface area contributed by atoms with Crippen molar-refractivity contribution < 1.29 is 28.9 Å². The number of imidazole rings is 1. The zero-order valence-electron chi connectivity index (χ0n) is 31.7. The maximum absolute atomic E-state index is 13.6. The Morgan fingerprint density at radius 2 is 1.75 bits per heavy atom. The average Bonchev–Trinajstić information content (AvgIpc) is 4.02. The normalized spacial score (nSPS) is 22.0. The molecule has 1 amide bonds. The molecule has 51 heavy (non-hydrogen) atoms. The lowest BCUT2D eigenvalue weighted by molar-refractivity contribution is -0.123. The Morgan fingerprint density at radius 1 is 1.06 bits per heavy atom. The van der Waals surface area contributed by atoms with Crippen LogP contribution in [0, 0.1) is 11.8 Å². The van der Waals surface area contributed by atoms with Crippen LogP contribution in [-0.2, 0) is 20.7 Å². The molecule has 6 unspecified atom stereocenters. The van der Waals surface area contributed by atoms with Crippen molar-refractivity contribution in [3.05, 3.63) is 96.1 Å². The summed E-state index contributed by atoms with van der Waals surface area (Å²) in [7, 11) is 7.28. The van der Waals surface area contributed by atoms with Crippen LogP contribution in [0.1, 0.15) is 82.7 Å². The number of aromatic nitrogens is 2. The molecule has 1 aliphatic carbocycles. The maximum Gasteiger partial charge on any atom is 0.410 e. The summed E-state index contributed by atoms with van der Waals surface area (Å²) in [5.74, 6) is 0.443. The molecule has 2 aliphatic rings. The van der Waals surface area contributed by atoms with E-state index in [2.05, 4.69) is 39.9 Å². The number of epoxide rings is 1. The van der Waals surface area contributed by atoms with E-state index in [-0.39, 0.29) is 41.9 Å². The second kappa shape index (κ2) is 15.7. The van der Waals surface area contributed by atoms with E-state index < -0.39 is 23.3 Å². The third-order valence-electron chi connectivity index (χ3n) is 10.3. The summed E-state index contributed by atoms with van der Waals surface area (Å²) >= 11 is 0. The zero-order valence-corrected chi connectivity index (χ0v) is 31.7. The van der Waals surface area contributed by atoms with E-state index in [0.29, 0.717) is 6.42 Å². The summed E-state index contributed by atoms with van der Waals surface area (Å²) in [6.45, 7) is 8.82. The number of nitrogens with zero attached hydrogens (tertiary/aromatic N) is 4. The fraction of sp³-hybridized carbons (Fsp3) is 0.537. The molecule has 7 atom stereocenters. The van der Waals surface area contributed by atoms with Crippen LogP contribution in [0.2, 0.25) is 0 Å². The molecule has 1 saturated carbocycles. The number of hydrogen-bond donors (Lipinski definition) is 1. The molecule has 2 fully saturated rings. The Kier molecular flexibility index (Phi) is 11.8. The lowest BCUT2D eigenvalue weighted by atomic mass is 9.89. The standard InChI is InChI=1S/C41H56N4O6/c1-40(2,3)51-39(48)44(8)41(4,5)34(46)23-20-29(17-13-16-27-14-11-10-12-15-27)36(47)32-24-31(32)33-25-45(26-42-33)35(37-38(50-37)43(6)7)28-18-21-30(49-9)22-19-28/h10-12,14-15,18-23,25-26,29,31-32,35-38,47H,13,16-17,24H2,1-9H3/b23-20-/t29?,31-,32?,35?,36?,37?,38?/m1/s1. The van der Waals surface area contributed by atoms with Crippen LogP contribution in [-0.4, -0.2) is 94.2 Å². The molecule has 1 saturated heterocycles. The third-order valence-corrected chi connectivity index (χ3v) is 10.3. The molecule has 276 valence electrons. The topological polar surface area (TPSA) is 110 Å². The van der Waals surface area contributed by atoms with Gasteiger partial charge in [-0.3, -0.25) is 14.6 Å². The van der Waals surface area contributed by atoms with Gasteiger partial charge >= 0.3 is 6.09 Å². The zero-order chi connectivity index (χ0) is 37.1. The Bertz CT molecular complexity index is 1640. The number of aliphatic hydroxyl groups is 1. The fourth-order valence-electron chi connectivity index (χ4n) is 6.75. The van der Waals surface area contributed by atoms with Gasteiger partial charge in [0.15, 0.2) is 5.78 Å². The number of hydrogen-bond acceptors (Lipinski definition) is 8. The van der Waals surface area contributed by atoms with Gasteiger partial charge in [0, 0.05) is 25.1 Å². The van der Waals surface area contributed by atoms with Crippen molar-refractivity contribution in [2.24, 2.45) is 11.8 Å². The van der Waals surface area contributed by atoms with Gasteiger partial charge in [0.05, 0.1) is 31.3 Å². The van der Waals surface area contributed by atoms with Gasteiger partial charge in [-0.2, -0.15) is 0 Å². The number of carbonyl (C=O) groups excluding carboxylic acids is 2. The highest BCUT2D eigenvalue weighted by molar-refractivity contribution is 5.99. The van der Waals surface area contributed by atoms with Crippen molar-refractivity contribution in [3.63, 3.8) is 0 Å². The van der Waals surface area contributed by atoms with Gasteiger partial charge < -0.3 is 23.9 Å². The van der Waals surface area contributed by atoms with Gasteiger partial charge in [0.1, 0.15) is 29.2 Å². The molecule has 1 aliphatic heterocycles. The van der Waals surface area contributed by atoms with Crippen molar-refractivity contribution in [2.75, 3.05) is 28.3 Å². The fourth-order valence-corrected chi connectivity index (χ4v) is 6.75. The van der Waals surface area contributed by atoms with E-state index >= 15 is 0 Å². The predicted molar refractivity (Wildman–Crippen MR) is 198 cm³/mol. The molecule has 0 radical (unpaired) electrons. The van der Waals surface area contributed by atoms with Gasteiger partial charge in [-0.05, 0) is 110 Å². The molecule has 1 aromatic heterocycles. The summed E-state index contributed by atoms with van der Waals surface area (Å²) in [6.07, 6.45) is 9.39. The second-order valence-corrected chi connectivity index (χ2v) is 15.8. The van der Waals surface area contributed by atoms with Crippen LogP contribution in [0.3, 0.4) is 0 Å². The first-order valence-electron chi connectivity index (χ1n) is 18.0. The number of ketones is 1. The van der Waals surface area contributed by atoms with Crippen LogP contribution >= 0.6 is 0 Å². The molecule has 10 nitrogen and oxygen atoms in total. The van der Waals surface area contributed by atoms with E-state index in [1.807, 2.05) is 56.8 Å². The van der Waals surface area contributed by atoms with Crippen LogP contribution in [0.25, 0.3) is 0 Å². The number of carbonyl (C=O) groups is 2. The van der Waals surface area contributed by atoms with Gasteiger partial charge in [-0.15, -0.1) is 0 Å². The Balaban J connectivity index is 1.31. The number of rotatable bonds is 16. The van der Waals surface area contributed by atoms with E-state index in [1.54, 1.807) is 54.9 Å². The van der Waals surface area contributed by atoms with Crippen LogP contribution < -0.4 is 4.74 Å². The summed E-state index contributed by atoms with van der Waals surface area (Å²) in [5.41, 5.74) is 1.48. The first-order chi connectivity index (χ1) is 24.1. The lowest BCUT2D eigenvalue weighted by Crippen LogP contribution is -2.51. The van der Waals surface area contributed by atoms with Crippen molar-refractivity contribution in [1.29, 1.82) is 0 Å². The average molecular weight is 701 g/mol. The van der Waals surface area contributed by atoms with E-state index in [1.165, 1.54) is 10.5 Å². The number of ether oxygens (including phenoxy) is 3. The molecule has 1 N–H and O–H groups in total. The van der Waals surface area contributed by atoms with Crippen molar-refractivity contribution in [1.82, 2.24) is 19.4 Å². The molecular weight excluding hydrogens is 644 g/mol. The molecule has 5 rings (SSSR count). The number of amides is 1. The molecule has 2 aromatic carbocycles. The van der Waals surface area contributed by atoms with Gasteiger partial charge in [0.25, 0.3) is 0 Å². The summed E-state index contributed by atoms with van der Waals surface area (Å²) in [5, 5.41) is 11.8. The van der Waals surface area contributed by atoms with E-state index in [4.69, 9.17) is 19.2 Å².